The summed E-state index contributed by atoms with van der Waals surface area (Å²) in [7, 11) is 0. The van der Waals surface area contributed by atoms with Crippen molar-refractivity contribution in [3.05, 3.63) is 5.82 Å². The lowest BCUT2D eigenvalue weighted by molar-refractivity contribution is 0.251. The van der Waals surface area contributed by atoms with Gasteiger partial charge in [0.1, 0.15) is 0 Å². The number of aromatic nitrogens is 4. The normalized spacial score (nSPS) is 30.1. The Balaban J connectivity index is 1.95. The molecule has 1 saturated carbocycles. The molecule has 1 aliphatic rings. The van der Waals surface area contributed by atoms with Crippen LogP contribution in [-0.4, -0.2) is 20.6 Å². The Morgan fingerprint density at radius 1 is 1.36 bits per heavy atom. The lowest BCUT2D eigenvalue weighted by Crippen LogP contribution is -2.26. The van der Waals surface area contributed by atoms with Crippen LogP contribution in [0.3, 0.4) is 0 Å². The van der Waals surface area contributed by atoms with Crippen molar-refractivity contribution < 1.29 is 0 Å². The van der Waals surface area contributed by atoms with Crippen LogP contribution < -0.4 is 5.73 Å². The van der Waals surface area contributed by atoms with Gasteiger partial charge in [-0.1, -0.05) is 25.0 Å². The highest BCUT2D eigenvalue weighted by Crippen LogP contribution is 2.34. The minimum atomic E-state index is -0.0405. The monoisotopic (exact) mass is 195 g/mol. The Morgan fingerprint density at radius 2 is 2.07 bits per heavy atom. The van der Waals surface area contributed by atoms with Gasteiger partial charge in [-0.05, 0) is 24.7 Å². The molecule has 0 aromatic carbocycles. The molecule has 5 nitrogen and oxygen atoms in total. The van der Waals surface area contributed by atoms with Crippen LogP contribution in [0.15, 0.2) is 0 Å². The quantitative estimate of drug-likeness (QED) is 0.738. The summed E-state index contributed by atoms with van der Waals surface area (Å²) in [6.45, 7) is 2.30. The Hall–Kier alpha value is -0.970. The van der Waals surface area contributed by atoms with Crippen molar-refractivity contribution in [2.75, 3.05) is 0 Å². The zero-order valence-electron chi connectivity index (χ0n) is 8.48. The highest BCUT2D eigenvalue weighted by molar-refractivity contribution is 4.92. The molecular formula is C9H17N5. The summed E-state index contributed by atoms with van der Waals surface area (Å²) in [6.07, 6.45) is 4.93. The molecule has 1 aromatic heterocycles. The van der Waals surface area contributed by atoms with Crippen LogP contribution >= 0.6 is 0 Å². The van der Waals surface area contributed by atoms with Gasteiger partial charge in [-0.15, -0.1) is 10.2 Å². The SMILES string of the molecule is CC1CCC(C(N)c2nn[nH]n2)CC1. The molecule has 0 spiro atoms. The number of hydrogen-bond acceptors (Lipinski definition) is 4. The first-order chi connectivity index (χ1) is 6.77. The molecule has 0 aliphatic heterocycles. The summed E-state index contributed by atoms with van der Waals surface area (Å²) in [5.41, 5.74) is 6.07. The van der Waals surface area contributed by atoms with Gasteiger partial charge in [0, 0.05) is 0 Å². The van der Waals surface area contributed by atoms with E-state index in [1.807, 2.05) is 0 Å². The lowest BCUT2D eigenvalue weighted by Gasteiger charge is -2.28. The second-order valence-electron chi connectivity index (χ2n) is 4.32. The van der Waals surface area contributed by atoms with Crippen molar-refractivity contribution in [3.8, 4) is 0 Å². The number of nitrogens with two attached hydrogens (primary N) is 1. The van der Waals surface area contributed by atoms with Crippen LogP contribution in [0.4, 0.5) is 0 Å². The van der Waals surface area contributed by atoms with Gasteiger partial charge < -0.3 is 5.73 Å². The fourth-order valence-corrected chi connectivity index (χ4v) is 2.17. The van der Waals surface area contributed by atoms with Crippen LogP contribution in [0.25, 0.3) is 0 Å². The second kappa shape index (κ2) is 4.04. The van der Waals surface area contributed by atoms with Crippen molar-refractivity contribution in [2.24, 2.45) is 17.6 Å². The van der Waals surface area contributed by atoms with Crippen LogP contribution in [0.2, 0.25) is 0 Å². The molecule has 78 valence electrons. The molecule has 1 aliphatic carbocycles. The first-order valence-corrected chi connectivity index (χ1v) is 5.26. The van der Waals surface area contributed by atoms with Gasteiger partial charge in [-0.25, -0.2) is 0 Å². The Labute approximate surface area is 83.5 Å². The van der Waals surface area contributed by atoms with Gasteiger partial charge in [0.2, 0.25) is 0 Å². The van der Waals surface area contributed by atoms with Crippen LogP contribution in [0.1, 0.15) is 44.5 Å². The minimum Gasteiger partial charge on any atom is -0.321 e. The van der Waals surface area contributed by atoms with E-state index in [0.29, 0.717) is 11.7 Å². The van der Waals surface area contributed by atoms with Crippen molar-refractivity contribution in [2.45, 2.75) is 38.6 Å². The summed E-state index contributed by atoms with van der Waals surface area (Å²) in [6, 6.07) is -0.0405. The van der Waals surface area contributed by atoms with Crippen molar-refractivity contribution in [3.63, 3.8) is 0 Å². The molecule has 1 fully saturated rings. The van der Waals surface area contributed by atoms with Crippen molar-refractivity contribution >= 4 is 0 Å². The molecule has 3 N–H and O–H groups in total. The van der Waals surface area contributed by atoms with Gasteiger partial charge in [0.15, 0.2) is 5.82 Å². The molecule has 1 aromatic rings. The fraction of sp³-hybridized carbons (Fsp3) is 0.889. The molecule has 2 rings (SSSR count). The molecule has 0 radical (unpaired) electrons. The number of tetrazole rings is 1. The van der Waals surface area contributed by atoms with Gasteiger partial charge in [-0.3, -0.25) is 0 Å². The van der Waals surface area contributed by atoms with Crippen LogP contribution in [-0.2, 0) is 0 Å². The van der Waals surface area contributed by atoms with Crippen LogP contribution in [0, 0.1) is 11.8 Å². The van der Waals surface area contributed by atoms with Crippen LogP contribution in [0.5, 0.6) is 0 Å². The smallest absolute Gasteiger partial charge is 0.191 e. The van der Waals surface area contributed by atoms with Gasteiger partial charge >= 0.3 is 0 Å². The largest absolute Gasteiger partial charge is 0.321 e. The highest BCUT2D eigenvalue weighted by Gasteiger charge is 2.26. The number of nitrogens with zero attached hydrogens (tertiary/aromatic N) is 3. The third-order valence-corrected chi connectivity index (χ3v) is 3.23. The van der Waals surface area contributed by atoms with Crippen molar-refractivity contribution in [1.82, 2.24) is 20.6 Å². The van der Waals surface area contributed by atoms with E-state index >= 15 is 0 Å². The summed E-state index contributed by atoms with van der Waals surface area (Å²) in [4.78, 5) is 0. The highest BCUT2D eigenvalue weighted by atomic mass is 15.5. The van der Waals surface area contributed by atoms with E-state index in [2.05, 4.69) is 27.5 Å². The number of rotatable bonds is 2. The topological polar surface area (TPSA) is 80.5 Å². The molecule has 5 heteroatoms. The molecule has 1 heterocycles. The van der Waals surface area contributed by atoms with Gasteiger partial charge in [0.25, 0.3) is 0 Å². The molecule has 0 amide bonds. The maximum atomic E-state index is 6.07. The Bertz CT molecular complexity index is 263. The molecule has 0 bridgehead atoms. The number of nitrogens with one attached hydrogen (secondary N) is 1. The average Bonchev–Trinajstić information content (AvgIpc) is 2.71. The summed E-state index contributed by atoms with van der Waals surface area (Å²) in [5, 5.41) is 13.9. The van der Waals surface area contributed by atoms with Crippen molar-refractivity contribution in [1.29, 1.82) is 0 Å². The fourth-order valence-electron chi connectivity index (χ4n) is 2.17. The Morgan fingerprint density at radius 3 is 2.64 bits per heavy atom. The number of aromatic amines is 1. The molecular weight excluding hydrogens is 178 g/mol. The summed E-state index contributed by atoms with van der Waals surface area (Å²) < 4.78 is 0. The number of H-pyrrole nitrogens is 1. The lowest BCUT2D eigenvalue weighted by atomic mass is 9.79. The number of hydrogen-bond donors (Lipinski definition) is 2. The predicted molar refractivity (Wildman–Crippen MR) is 52.2 cm³/mol. The van der Waals surface area contributed by atoms with E-state index in [1.54, 1.807) is 0 Å². The van der Waals surface area contributed by atoms with E-state index in [0.717, 1.165) is 5.92 Å². The maximum Gasteiger partial charge on any atom is 0.191 e. The van der Waals surface area contributed by atoms with Gasteiger partial charge in [-0.2, -0.15) is 5.21 Å². The van der Waals surface area contributed by atoms with Gasteiger partial charge in [0.05, 0.1) is 6.04 Å². The molecule has 1 atom stereocenters. The van der Waals surface area contributed by atoms with E-state index < -0.39 is 0 Å². The Kier molecular flexibility index (Phi) is 2.77. The average molecular weight is 195 g/mol. The van der Waals surface area contributed by atoms with E-state index in [4.69, 9.17) is 5.73 Å². The third-order valence-electron chi connectivity index (χ3n) is 3.23. The summed E-state index contributed by atoms with van der Waals surface area (Å²) in [5.74, 6) is 2.04. The standard InChI is InChI=1S/C9H17N5/c1-6-2-4-7(5-3-6)8(10)9-11-13-14-12-9/h6-8H,2-5,10H2,1H3,(H,11,12,13,14). The first-order valence-electron chi connectivity index (χ1n) is 5.26. The predicted octanol–water partition coefficient (Wildman–Crippen LogP) is 1.03. The maximum absolute atomic E-state index is 6.07. The van der Waals surface area contributed by atoms with E-state index in [-0.39, 0.29) is 6.04 Å². The first kappa shape index (κ1) is 9.58. The molecule has 14 heavy (non-hydrogen) atoms. The minimum absolute atomic E-state index is 0.0405. The summed E-state index contributed by atoms with van der Waals surface area (Å²) >= 11 is 0. The second-order valence-corrected chi connectivity index (χ2v) is 4.32. The molecule has 0 saturated heterocycles. The van der Waals surface area contributed by atoms with E-state index in [1.165, 1.54) is 25.7 Å². The zero-order chi connectivity index (χ0) is 9.97. The van der Waals surface area contributed by atoms with E-state index in [9.17, 15) is 0 Å². The third kappa shape index (κ3) is 1.92. The zero-order valence-corrected chi connectivity index (χ0v) is 8.48. The molecule has 1 unspecified atom stereocenters.